The number of likely N-dealkylation sites (N-methyl/N-ethyl adjacent to an activating group) is 1. The molecule has 0 saturated heterocycles. The fraction of sp³-hybridized carbons (Fsp3) is 0.320. The molecule has 3 aromatic rings. The highest BCUT2D eigenvalue weighted by atomic mass is 32.1. The van der Waals surface area contributed by atoms with E-state index in [1.807, 2.05) is 19.1 Å². The minimum atomic E-state index is -0.364. The van der Waals surface area contributed by atoms with E-state index in [9.17, 15) is 9.59 Å². The van der Waals surface area contributed by atoms with Crippen LogP contribution in [-0.2, 0) is 13.0 Å². The number of carbonyl (C=O) groups excluding carboxylic acids is 2. The van der Waals surface area contributed by atoms with Crippen LogP contribution < -0.4 is 20.1 Å². The van der Waals surface area contributed by atoms with Crippen LogP contribution in [0.5, 0.6) is 11.5 Å². The van der Waals surface area contributed by atoms with Gasteiger partial charge in [-0.3, -0.25) is 14.9 Å². The van der Waals surface area contributed by atoms with Crippen LogP contribution in [-0.4, -0.2) is 41.6 Å². The molecular formula is C25H26N4O4S. The molecule has 1 unspecified atom stereocenters. The van der Waals surface area contributed by atoms with Crippen LogP contribution in [0.15, 0.2) is 42.5 Å². The number of anilines is 1. The molecule has 34 heavy (non-hydrogen) atoms. The third kappa shape index (κ3) is 4.62. The van der Waals surface area contributed by atoms with Gasteiger partial charge in [0.2, 0.25) is 6.29 Å². The van der Waals surface area contributed by atoms with Gasteiger partial charge in [0, 0.05) is 42.4 Å². The van der Waals surface area contributed by atoms with Crippen molar-refractivity contribution in [1.29, 1.82) is 0 Å². The number of aromatic nitrogens is 1. The van der Waals surface area contributed by atoms with Gasteiger partial charge in [0.1, 0.15) is 0 Å². The molecule has 2 atom stereocenters. The highest BCUT2D eigenvalue weighted by Crippen LogP contribution is 2.35. The number of carbonyl (C=O) groups is 2. The molecule has 2 aliphatic heterocycles. The molecule has 5 rings (SSSR count). The topological polar surface area (TPSA) is 92.8 Å². The van der Waals surface area contributed by atoms with E-state index in [1.54, 1.807) is 37.3 Å². The van der Waals surface area contributed by atoms with Gasteiger partial charge in [0.05, 0.1) is 11.7 Å². The van der Waals surface area contributed by atoms with Crippen molar-refractivity contribution >= 4 is 28.3 Å². The van der Waals surface area contributed by atoms with Gasteiger partial charge in [0.15, 0.2) is 16.6 Å². The van der Waals surface area contributed by atoms with Gasteiger partial charge in [-0.25, -0.2) is 4.98 Å². The Morgan fingerprint density at radius 2 is 1.91 bits per heavy atom. The smallest absolute Gasteiger partial charge is 0.257 e. The number of benzene rings is 2. The first kappa shape index (κ1) is 22.4. The molecule has 8 nitrogen and oxygen atoms in total. The van der Waals surface area contributed by atoms with Crippen molar-refractivity contribution < 1.29 is 19.1 Å². The number of nitrogens with zero attached hydrogens (tertiary/aromatic N) is 2. The Morgan fingerprint density at radius 3 is 2.76 bits per heavy atom. The summed E-state index contributed by atoms with van der Waals surface area (Å²) in [4.78, 5) is 33.7. The molecule has 9 heteroatoms. The number of fused-ring (bicyclic) bond motifs is 2. The van der Waals surface area contributed by atoms with Crippen molar-refractivity contribution in [2.45, 2.75) is 39.1 Å². The first-order valence-electron chi connectivity index (χ1n) is 11.2. The van der Waals surface area contributed by atoms with E-state index >= 15 is 0 Å². The first-order chi connectivity index (χ1) is 16.4. The van der Waals surface area contributed by atoms with Gasteiger partial charge < -0.3 is 19.7 Å². The lowest BCUT2D eigenvalue weighted by Crippen LogP contribution is -2.26. The number of hydrogen-bond acceptors (Lipinski definition) is 7. The summed E-state index contributed by atoms with van der Waals surface area (Å²) in [6.07, 6.45) is 0.533. The average molecular weight is 479 g/mol. The standard InChI is InChI=1S/C25H26N4O4S/c1-14(26-23(30)18-7-8-20-21(12-18)33-15(2)32-20)16-5-4-6-17(11-16)24(31)28-25-27-19-9-10-29(3)13-22(19)34-25/h4-8,11-12,14-15H,9-10,13H2,1-3H3,(H,26,30)(H,27,28,31)/t14-,15?/m0/s1. The molecule has 0 saturated carbocycles. The van der Waals surface area contributed by atoms with Gasteiger partial charge in [-0.1, -0.05) is 12.1 Å². The zero-order valence-corrected chi connectivity index (χ0v) is 20.1. The Morgan fingerprint density at radius 1 is 1.12 bits per heavy atom. The summed E-state index contributed by atoms with van der Waals surface area (Å²) in [6, 6.07) is 12.1. The number of nitrogens with one attached hydrogen (secondary N) is 2. The van der Waals surface area contributed by atoms with E-state index < -0.39 is 0 Å². The highest BCUT2D eigenvalue weighted by molar-refractivity contribution is 7.15. The van der Waals surface area contributed by atoms with Crippen LogP contribution in [0.3, 0.4) is 0 Å². The minimum absolute atomic E-state index is 0.218. The molecule has 0 aliphatic carbocycles. The SMILES string of the molecule is CC1Oc2ccc(C(=O)N[C@@H](C)c3cccc(C(=O)Nc4nc5c(s4)CN(C)CC5)c3)cc2O1. The van der Waals surface area contributed by atoms with Crippen LogP contribution in [0.2, 0.25) is 0 Å². The predicted octanol–water partition coefficient (Wildman–Crippen LogP) is 3.99. The lowest BCUT2D eigenvalue weighted by atomic mass is 10.0. The normalized spacial score (nSPS) is 17.7. The Bertz CT molecular complexity index is 1260. The molecule has 1 aromatic heterocycles. The van der Waals surface area contributed by atoms with E-state index in [4.69, 9.17) is 9.47 Å². The molecule has 3 heterocycles. The number of thiazole rings is 1. The van der Waals surface area contributed by atoms with E-state index in [0.29, 0.717) is 27.8 Å². The van der Waals surface area contributed by atoms with E-state index in [1.165, 1.54) is 16.2 Å². The van der Waals surface area contributed by atoms with Crippen molar-refractivity contribution in [3.63, 3.8) is 0 Å². The van der Waals surface area contributed by atoms with Crippen molar-refractivity contribution in [2.75, 3.05) is 18.9 Å². The van der Waals surface area contributed by atoms with Crippen molar-refractivity contribution in [1.82, 2.24) is 15.2 Å². The van der Waals surface area contributed by atoms with Gasteiger partial charge in [-0.05, 0) is 49.9 Å². The van der Waals surface area contributed by atoms with E-state index in [0.717, 1.165) is 30.8 Å². The first-order valence-corrected chi connectivity index (χ1v) is 12.0. The van der Waals surface area contributed by atoms with Crippen LogP contribution >= 0.6 is 11.3 Å². The second-order valence-electron chi connectivity index (χ2n) is 8.62. The average Bonchev–Trinajstić information content (AvgIpc) is 3.39. The zero-order valence-electron chi connectivity index (χ0n) is 19.3. The molecule has 0 bridgehead atoms. The van der Waals surface area contributed by atoms with Gasteiger partial charge in [-0.2, -0.15) is 0 Å². The summed E-state index contributed by atoms with van der Waals surface area (Å²) in [7, 11) is 2.08. The Labute approximate surface area is 201 Å². The highest BCUT2D eigenvalue weighted by Gasteiger charge is 2.23. The summed E-state index contributed by atoms with van der Waals surface area (Å²) in [5.74, 6) is 0.738. The van der Waals surface area contributed by atoms with E-state index in [2.05, 4.69) is 27.6 Å². The van der Waals surface area contributed by atoms with Gasteiger partial charge in [-0.15, -0.1) is 11.3 Å². The third-order valence-electron chi connectivity index (χ3n) is 5.93. The van der Waals surface area contributed by atoms with Gasteiger partial charge >= 0.3 is 0 Å². The van der Waals surface area contributed by atoms with Crippen molar-refractivity contribution in [2.24, 2.45) is 0 Å². The molecular weight excluding hydrogens is 452 g/mol. The second-order valence-corrected chi connectivity index (χ2v) is 9.70. The monoisotopic (exact) mass is 478 g/mol. The maximum Gasteiger partial charge on any atom is 0.257 e. The zero-order chi connectivity index (χ0) is 23.8. The van der Waals surface area contributed by atoms with Gasteiger partial charge in [0.25, 0.3) is 11.8 Å². The third-order valence-corrected chi connectivity index (χ3v) is 6.93. The maximum absolute atomic E-state index is 12.9. The van der Waals surface area contributed by atoms with Crippen LogP contribution in [0.25, 0.3) is 0 Å². The molecule has 2 N–H and O–H groups in total. The predicted molar refractivity (Wildman–Crippen MR) is 130 cm³/mol. The lowest BCUT2D eigenvalue weighted by molar-refractivity contribution is 0.0677. The van der Waals surface area contributed by atoms with Crippen LogP contribution in [0.4, 0.5) is 5.13 Å². The number of rotatable bonds is 5. The molecule has 2 aromatic carbocycles. The molecule has 0 spiro atoms. The van der Waals surface area contributed by atoms with Crippen LogP contribution in [0, 0.1) is 0 Å². The number of amides is 2. The molecule has 0 radical (unpaired) electrons. The number of hydrogen-bond donors (Lipinski definition) is 2. The fourth-order valence-electron chi connectivity index (χ4n) is 4.08. The van der Waals surface area contributed by atoms with Crippen molar-refractivity contribution in [3.8, 4) is 11.5 Å². The van der Waals surface area contributed by atoms with Crippen LogP contribution in [0.1, 0.15) is 56.7 Å². The number of ether oxygens (including phenoxy) is 2. The Kier molecular flexibility index (Phi) is 5.97. The summed E-state index contributed by atoms with van der Waals surface area (Å²) < 4.78 is 11.1. The Balaban J connectivity index is 1.25. The summed E-state index contributed by atoms with van der Waals surface area (Å²) in [6.45, 7) is 5.51. The Hall–Kier alpha value is -3.43. The minimum Gasteiger partial charge on any atom is -0.451 e. The molecule has 2 aliphatic rings. The summed E-state index contributed by atoms with van der Waals surface area (Å²) >= 11 is 1.53. The van der Waals surface area contributed by atoms with Crippen molar-refractivity contribution in [3.05, 3.63) is 69.7 Å². The quantitative estimate of drug-likeness (QED) is 0.576. The lowest BCUT2D eigenvalue weighted by Gasteiger charge is -2.20. The largest absolute Gasteiger partial charge is 0.451 e. The second kappa shape index (κ2) is 9.08. The summed E-state index contributed by atoms with van der Waals surface area (Å²) in [5.41, 5.74) is 2.90. The molecule has 2 amide bonds. The van der Waals surface area contributed by atoms with E-state index in [-0.39, 0.29) is 24.1 Å². The molecule has 0 fully saturated rings. The fourth-order valence-corrected chi connectivity index (χ4v) is 5.16. The molecule has 176 valence electrons. The summed E-state index contributed by atoms with van der Waals surface area (Å²) in [5, 5.41) is 6.53. The maximum atomic E-state index is 12.9.